The minimum atomic E-state index is -1.24. The number of hydrogen-bond donors (Lipinski definition) is 2. The molecule has 2 N–H and O–H groups in total. The van der Waals surface area contributed by atoms with Gasteiger partial charge in [-0.05, 0) is 81.4 Å². The summed E-state index contributed by atoms with van der Waals surface area (Å²) in [6.45, 7) is 1.11. The van der Waals surface area contributed by atoms with Crippen LogP contribution in [0.4, 0.5) is 0 Å². The lowest BCUT2D eigenvalue weighted by Gasteiger charge is -2.56. The van der Waals surface area contributed by atoms with Crippen molar-refractivity contribution in [2.75, 3.05) is 13.2 Å². The van der Waals surface area contributed by atoms with E-state index in [-0.39, 0.29) is 22.1 Å². The number of esters is 1. The summed E-state index contributed by atoms with van der Waals surface area (Å²) in [5, 5.41) is 10.9. The molecule has 3 amide bonds. The summed E-state index contributed by atoms with van der Waals surface area (Å²) < 4.78 is 5.73. The predicted octanol–water partition coefficient (Wildman–Crippen LogP) is 2.25. The van der Waals surface area contributed by atoms with E-state index in [1.54, 1.807) is 0 Å². The lowest BCUT2D eigenvalue weighted by molar-refractivity contribution is -0.138. The maximum Gasteiger partial charge on any atom is 0.338 e. The molecular weight excluding hydrogens is 440 g/mol. The van der Waals surface area contributed by atoms with Crippen molar-refractivity contribution >= 4 is 29.7 Å². The Morgan fingerprint density at radius 1 is 1.06 bits per heavy atom. The van der Waals surface area contributed by atoms with Crippen LogP contribution in [0, 0.1) is 23.2 Å². The lowest BCUT2D eigenvalue weighted by Crippen LogP contribution is -2.48. The zero-order valence-electron chi connectivity index (χ0n) is 19.0. The third-order valence-electron chi connectivity index (χ3n) is 8.01. The van der Waals surface area contributed by atoms with Gasteiger partial charge in [0.2, 0.25) is 5.91 Å². The fraction of sp³-hybridized carbons (Fsp3) is 0.560. The van der Waals surface area contributed by atoms with Gasteiger partial charge in [0.1, 0.15) is 12.6 Å². The number of nitrogens with one attached hydrogen (secondary N) is 1. The van der Waals surface area contributed by atoms with Gasteiger partial charge in [-0.15, -0.1) is 0 Å². The van der Waals surface area contributed by atoms with Crippen molar-refractivity contribution in [2.24, 2.45) is 23.2 Å². The molecule has 1 heterocycles. The Morgan fingerprint density at radius 2 is 1.65 bits per heavy atom. The van der Waals surface area contributed by atoms with Crippen molar-refractivity contribution in [2.45, 2.75) is 51.5 Å². The Balaban J connectivity index is 1.26. The summed E-state index contributed by atoms with van der Waals surface area (Å²) in [5.74, 6) is -1.64. The van der Waals surface area contributed by atoms with Crippen molar-refractivity contribution < 1.29 is 33.8 Å². The number of fused-ring (bicyclic) bond motifs is 1. The molecule has 4 fully saturated rings. The molecule has 1 aliphatic heterocycles. The fourth-order valence-electron chi connectivity index (χ4n) is 6.93. The van der Waals surface area contributed by atoms with Crippen LogP contribution in [0.25, 0.3) is 0 Å². The molecular formula is C25H28N2O7. The molecule has 9 heteroatoms. The number of carbonyl (C=O) groups excluding carboxylic acids is 4. The zero-order chi connectivity index (χ0) is 24.2. The van der Waals surface area contributed by atoms with Gasteiger partial charge in [-0.2, -0.15) is 0 Å². The summed E-state index contributed by atoms with van der Waals surface area (Å²) in [6.07, 6.45) is 7.24. The summed E-state index contributed by atoms with van der Waals surface area (Å²) in [5.41, 5.74) is 0.393. The number of benzene rings is 1. The lowest BCUT2D eigenvalue weighted by atomic mass is 9.50. The summed E-state index contributed by atoms with van der Waals surface area (Å²) in [4.78, 5) is 62.2. The molecule has 1 atom stereocenters. The van der Waals surface area contributed by atoms with E-state index < -0.39 is 42.2 Å². The molecule has 34 heavy (non-hydrogen) atoms. The van der Waals surface area contributed by atoms with Crippen molar-refractivity contribution in [1.82, 2.24) is 10.2 Å². The number of carbonyl (C=O) groups is 5. The Kier molecular flexibility index (Phi) is 5.45. The van der Waals surface area contributed by atoms with E-state index in [9.17, 15) is 24.0 Å². The summed E-state index contributed by atoms with van der Waals surface area (Å²) in [6, 6.07) is 3.02. The highest BCUT2D eigenvalue weighted by Crippen LogP contribution is 2.60. The maximum atomic E-state index is 12.9. The molecule has 0 unspecified atom stereocenters. The maximum absolute atomic E-state index is 12.9. The summed E-state index contributed by atoms with van der Waals surface area (Å²) >= 11 is 0. The normalized spacial score (nSPS) is 29.7. The molecule has 9 nitrogen and oxygen atoms in total. The topological polar surface area (TPSA) is 130 Å². The van der Waals surface area contributed by atoms with E-state index in [1.165, 1.54) is 44.4 Å². The molecule has 4 bridgehead atoms. The molecule has 0 saturated heterocycles. The van der Waals surface area contributed by atoms with Gasteiger partial charge >= 0.3 is 11.9 Å². The average molecular weight is 469 g/mol. The minimum Gasteiger partial charge on any atom is -0.480 e. The first-order valence-corrected chi connectivity index (χ1v) is 11.8. The number of imide groups is 1. The highest BCUT2D eigenvalue weighted by Gasteiger charge is 2.51. The molecule has 4 saturated carbocycles. The fourth-order valence-corrected chi connectivity index (χ4v) is 6.93. The van der Waals surface area contributed by atoms with Gasteiger partial charge in [-0.3, -0.25) is 24.1 Å². The van der Waals surface area contributed by atoms with Crippen LogP contribution < -0.4 is 5.32 Å². The van der Waals surface area contributed by atoms with Crippen LogP contribution >= 0.6 is 0 Å². The minimum absolute atomic E-state index is 0.0344. The van der Waals surface area contributed by atoms with Crippen LogP contribution in [0.2, 0.25) is 0 Å². The highest BCUT2D eigenvalue weighted by atomic mass is 16.5. The van der Waals surface area contributed by atoms with Crippen LogP contribution in [0.3, 0.4) is 0 Å². The zero-order valence-corrected chi connectivity index (χ0v) is 19.0. The van der Waals surface area contributed by atoms with Crippen LogP contribution in [0.1, 0.15) is 76.5 Å². The molecule has 5 aliphatic rings. The molecule has 0 spiro atoms. The van der Waals surface area contributed by atoms with Crippen LogP contribution in [-0.4, -0.2) is 58.9 Å². The number of carboxylic acids is 1. The largest absolute Gasteiger partial charge is 0.480 e. The number of carboxylic acid groups (broad SMARTS) is 1. The van der Waals surface area contributed by atoms with E-state index in [1.807, 2.05) is 0 Å². The van der Waals surface area contributed by atoms with Gasteiger partial charge in [0.25, 0.3) is 11.8 Å². The highest BCUT2D eigenvalue weighted by molar-refractivity contribution is 6.23. The summed E-state index contributed by atoms with van der Waals surface area (Å²) in [7, 11) is 0. The number of hydrogen-bond acceptors (Lipinski definition) is 6. The second kappa shape index (κ2) is 8.21. The van der Waals surface area contributed by atoms with E-state index in [0.717, 1.165) is 41.9 Å². The van der Waals surface area contributed by atoms with Crippen molar-refractivity contribution in [3.05, 3.63) is 34.9 Å². The molecule has 180 valence electrons. The molecule has 1 aromatic rings. The number of nitrogens with zero attached hydrogens (tertiary/aromatic N) is 1. The van der Waals surface area contributed by atoms with Gasteiger partial charge in [-0.1, -0.05) is 0 Å². The van der Waals surface area contributed by atoms with Crippen molar-refractivity contribution in [1.29, 1.82) is 0 Å². The predicted molar refractivity (Wildman–Crippen MR) is 118 cm³/mol. The first kappa shape index (κ1) is 22.6. The van der Waals surface area contributed by atoms with E-state index in [2.05, 4.69) is 5.32 Å². The number of aliphatic carboxylic acids is 1. The third kappa shape index (κ3) is 3.86. The van der Waals surface area contributed by atoms with Crippen LogP contribution in [-0.2, 0) is 14.3 Å². The smallest absolute Gasteiger partial charge is 0.338 e. The van der Waals surface area contributed by atoms with Gasteiger partial charge in [0.05, 0.1) is 23.3 Å². The van der Waals surface area contributed by atoms with Crippen LogP contribution in [0.5, 0.6) is 0 Å². The Morgan fingerprint density at radius 3 is 2.24 bits per heavy atom. The Hall–Kier alpha value is -3.23. The SMILES string of the molecule is C[C@@H](C(=O)NCC(=O)O)N1C(=O)c2ccc(C(=O)OCC34CC5CC(CC(C5)C3)C4)cc2C1=O. The van der Waals surface area contributed by atoms with Gasteiger partial charge in [-0.25, -0.2) is 4.79 Å². The standard InChI is InChI=1S/C25H28N2O7/c1-13(21(30)26-11-20(28)29)27-22(31)18-3-2-17(7-19(18)23(27)32)24(33)34-12-25-8-14-4-15(9-25)6-16(5-14)10-25/h2-3,7,13-16H,4-6,8-12H2,1H3,(H,26,30)(H,28,29)/t13-,14?,15?,16?,25?/m0/s1. The van der Waals surface area contributed by atoms with E-state index in [4.69, 9.17) is 9.84 Å². The number of rotatable bonds is 7. The molecule has 0 radical (unpaired) electrons. The van der Waals surface area contributed by atoms with Gasteiger partial charge in [0.15, 0.2) is 0 Å². The second-order valence-corrected chi connectivity index (χ2v) is 10.5. The molecule has 0 aromatic heterocycles. The van der Waals surface area contributed by atoms with Gasteiger partial charge in [0, 0.05) is 5.41 Å². The Bertz CT molecular complexity index is 1060. The molecule has 6 rings (SSSR count). The Labute approximate surface area is 196 Å². The second-order valence-electron chi connectivity index (χ2n) is 10.5. The first-order valence-electron chi connectivity index (χ1n) is 11.8. The van der Waals surface area contributed by atoms with Crippen molar-refractivity contribution in [3.63, 3.8) is 0 Å². The van der Waals surface area contributed by atoms with Crippen LogP contribution in [0.15, 0.2) is 18.2 Å². The average Bonchev–Trinajstić information content (AvgIpc) is 3.04. The third-order valence-corrected chi connectivity index (χ3v) is 8.01. The van der Waals surface area contributed by atoms with E-state index in [0.29, 0.717) is 6.61 Å². The van der Waals surface area contributed by atoms with Crippen molar-refractivity contribution in [3.8, 4) is 0 Å². The van der Waals surface area contributed by atoms with Gasteiger partial charge < -0.3 is 15.2 Å². The van der Waals surface area contributed by atoms with E-state index >= 15 is 0 Å². The number of ether oxygens (including phenoxy) is 1. The molecule has 4 aliphatic carbocycles. The quantitative estimate of drug-likeness (QED) is 0.464. The molecule has 1 aromatic carbocycles. The first-order chi connectivity index (χ1) is 16.2. The monoisotopic (exact) mass is 468 g/mol. The number of amides is 3.